The molecule has 1 rings (SSSR count). The van der Waals surface area contributed by atoms with E-state index in [1.54, 1.807) is 24.3 Å². The molecule has 4 nitrogen and oxygen atoms in total. The number of carbonyl (C=O) groups excluding carboxylic acids is 1. The predicted molar refractivity (Wildman–Crippen MR) is 66.7 cm³/mol. The fourth-order valence-electron chi connectivity index (χ4n) is 1.15. The maximum atomic E-state index is 11.1. The van der Waals surface area contributed by atoms with E-state index in [1.807, 2.05) is 0 Å². The summed E-state index contributed by atoms with van der Waals surface area (Å²) in [6.07, 6.45) is -1.10. The van der Waals surface area contributed by atoms with Gasteiger partial charge >= 0.3 is 0 Å². The van der Waals surface area contributed by atoms with Gasteiger partial charge in [-0.1, -0.05) is 17.7 Å². The highest BCUT2D eigenvalue weighted by Crippen LogP contribution is 2.17. The Labute approximate surface area is 109 Å². The summed E-state index contributed by atoms with van der Waals surface area (Å²) in [6, 6.07) is 5.67. The smallest absolute Gasteiger partial charge is 0.166 e. The lowest BCUT2D eigenvalue weighted by Gasteiger charge is -2.17. The molecule has 1 aromatic rings. The molecule has 0 heterocycles. The molecule has 0 spiro atoms. The number of aliphatic hydroxyl groups excluding tert-OH is 1. The third-order valence-corrected chi connectivity index (χ3v) is 2.63. The van der Waals surface area contributed by atoms with E-state index in [9.17, 15) is 9.90 Å². The molecule has 0 saturated heterocycles. The topological polar surface area (TPSA) is 72.6 Å². The number of halogens is 2. The number of aliphatic hydroxyl groups is 1. The minimum Gasteiger partial charge on any atom is -0.491 e. The first-order valence-electron chi connectivity index (χ1n) is 4.95. The molecule has 0 aliphatic rings. The van der Waals surface area contributed by atoms with Gasteiger partial charge in [0, 0.05) is 5.02 Å². The van der Waals surface area contributed by atoms with Gasteiger partial charge in [-0.25, -0.2) is 0 Å². The van der Waals surface area contributed by atoms with E-state index in [0.29, 0.717) is 10.8 Å². The number of ether oxygens (including phenoxy) is 1. The molecular formula is C11H13Cl2NO3. The summed E-state index contributed by atoms with van der Waals surface area (Å²) >= 11 is 11.1. The van der Waals surface area contributed by atoms with Crippen LogP contribution in [0.2, 0.25) is 5.02 Å². The number of benzene rings is 1. The van der Waals surface area contributed by atoms with Crippen LogP contribution in [0.4, 0.5) is 0 Å². The second-order valence-electron chi connectivity index (χ2n) is 3.46. The summed E-state index contributed by atoms with van der Waals surface area (Å²) in [5, 5.41) is 10.1. The van der Waals surface area contributed by atoms with Gasteiger partial charge in [0.1, 0.15) is 18.5 Å². The molecule has 17 heavy (non-hydrogen) atoms. The van der Waals surface area contributed by atoms with E-state index in [1.165, 1.54) is 0 Å². The van der Waals surface area contributed by atoms with Gasteiger partial charge < -0.3 is 15.6 Å². The van der Waals surface area contributed by atoms with Gasteiger partial charge in [0.2, 0.25) is 0 Å². The molecule has 0 aromatic heterocycles. The van der Waals surface area contributed by atoms with Gasteiger partial charge in [0.05, 0.1) is 11.9 Å². The van der Waals surface area contributed by atoms with Gasteiger partial charge in [-0.05, 0) is 18.2 Å². The van der Waals surface area contributed by atoms with E-state index in [0.717, 1.165) is 0 Å². The van der Waals surface area contributed by atoms with Gasteiger partial charge in [-0.2, -0.15) is 0 Å². The average molecular weight is 278 g/mol. The lowest BCUT2D eigenvalue weighted by atomic mass is 10.1. The maximum Gasteiger partial charge on any atom is 0.166 e. The Bertz CT molecular complexity index is 387. The number of rotatable bonds is 6. The molecule has 0 fully saturated rings. The largest absolute Gasteiger partial charge is 0.491 e. The molecule has 3 N–H and O–H groups in total. The number of carbonyl (C=O) groups is 1. The van der Waals surface area contributed by atoms with Gasteiger partial charge in [-0.15, -0.1) is 11.6 Å². The van der Waals surface area contributed by atoms with Crippen LogP contribution in [0.3, 0.4) is 0 Å². The van der Waals surface area contributed by atoms with E-state index in [-0.39, 0.29) is 12.5 Å². The van der Waals surface area contributed by atoms with Crippen molar-refractivity contribution in [3.05, 3.63) is 29.3 Å². The molecular weight excluding hydrogens is 265 g/mol. The Hall–Kier alpha value is -0.810. The van der Waals surface area contributed by atoms with Crippen LogP contribution in [-0.4, -0.2) is 35.5 Å². The fourth-order valence-corrected chi connectivity index (χ4v) is 1.50. The second-order valence-corrected chi connectivity index (χ2v) is 4.17. The Balaban J connectivity index is 2.48. The monoisotopic (exact) mass is 277 g/mol. The fraction of sp³-hybridized carbons (Fsp3) is 0.364. The standard InChI is InChI=1S/C11H13Cl2NO3/c12-5-9(15)11(14)10(16)6-17-8-3-1-2-7(13)4-8/h1-4,10-11,16H,5-6,14H2. The Morgan fingerprint density at radius 2 is 2.24 bits per heavy atom. The van der Waals surface area contributed by atoms with Crippen molar-refractivity contribution in [1.82, 2.24) is 0 Å². The Morgan fingerprint density at radius 3 is 2.82 bits per heavy atom. The maximum absolute atomic E-state index is 11.1. The number of hydrogen-bond acceptors (Lipinski definition) is 4. The molecule has 0 aliphatic carbocycles. The van der Waals surface area contributed by atoms with Crippen molar-refractivity contribution < 1.29 is 14.6 Å². The zero-order valence-corrected chi connectivity index (χ0v) is 10.5. The number of hydrogen-bond donors (Lipinski definition) is 2. The van der Waals surface area contributed by atoms with Crippen molar-refractivity contribution in [3.8, 4) is 5.75 Å². The zero-order valence-electron chi connectivity index (χ0n) is 8.98. The van der Waals surface area contributed by atoms with Gasteiger partial charge in [0.15, 0.2) is 5.78 Å². The predicted octanol–water partition coefficient (Wildman–Crippen LogP) is 1.21. The van der Waals surface area contributed by atoms with Crippen LogP contribution >= 0.6 is 23.2 Å². The average Bonchev–Trinajstić information content (AvgIpc) is 2.34. The van der Waals surface area contributed by atoms with E-state index < -0.39 is 17.9 Å². The molecule has 0 aliphatic heterocycles. The number of nitrogens with two attached hydrogens (primary N) is 1. The van der Waals surface area contributed by atoms with E-state index in [4.69, 9.17) is 33.7 Å². The minimum atomic E-state index is -1.10. The van der Waals surface area contributed by atoms with Crippen LogP contribution in [0, 0.1) is 0 Å². The Kier molecular flexibility index (Phi) is 5.71. The number of Topliss-reactive ketones (excluding diaryl/α,β-unsaturated/α-hetero) is 1. The van der Waals surface area contributed by atoms with Crippen molar-refractivity contribution in [2.24, 2.45) is 5.73 Å². The molecule has 94 valence electrons. The molecule has 6 heteroatoms. The van der Waals surface area contributed by atoms with Gasteiger partial charge in [-0.3, -0.25) is 4.79 Å². The molecule has 0 saturated carbocycles. The first-order valence-corrected chi connectivity index (χ1v) is 5.86. The van der Waals surface area contributed by atoms with Crippen molar-refractivity contribution in [3.63, 3.8) is 0 Å². The van der Waals surface area contributed by atoms with Crippen LogP contribution in [-0.2, 0) is 4.79 Å². The van der Waals surface area contributed by atoms with Crippen LogP contribution in [0.25, 0.3) is 0 Å². The second kappa shape index (κ2) is 6.81. The summed E-state index contributed by atoms with van der Waals surface area (Å²) in [7, 11) is 0. The quantitative estimate of drug-likeness (QED) is 0.767. The Morgan fingerprint density at radius 1 is 1.53 bits per heavy atom. The van der Waals surface area contributed by atoms with Crippen molar-refractivity contribution in [2.45, 2.75) is 12.1 Å². The lowest BCUT2D eigenvalue weighted by Crippen LogP contribution is -2.45. The van der Waals surface area contributed by atoms with Crippen LogP contribution in [0.5, 0.6) is 5.75 Å². The van der Waals surface area contributed by atoms with Crippen molar-refractivity contribution >= 4 is 29.0 Å². The first-order chi connectivity index (χ1) is 8.04. The first kappa shape index (κ1) is 14.3. The van der Waals surface area contributed by atoms with E-state index >= 15 is 0 Å². The highest BCUT2D eigenvalue weighted by Gasteiger charge is 2.22. The summed E-state index contributed by atoms with van der Waals surface area (Å²) in [5.41, 5.74) is 5.48. The normalized spacial score (nSPS) is 14.1. The lowest BCUT2D eigenvalue weighted by molar-refractivity contribution is -0.120. The number of ketones is 1. The van der Waals surface area contributed by atoms with E-state index in [2.05, 4.69) is 0 Å². The summed E-state index contributed by atoms with van der Waals surface area (Å²) in [6.45, 7) is -0.0931. The molecule has 0 amide bonds. The SMILES string of the molecule is NC(C(=O)CCl)C(O)COc1cccc(Cl)c1. The molecule has 2 unspecified atom stereocenters. The zero-order chi connectivity index (χ0) is 12.8. The number of alkyl halides is 1. The summed E-state index contributed by atoms with van der Waals surface area (Å²) in [5.74, 6) is -0.147. The van der Waals surface area contributed by atoms with Crippen molar-refractivity contribution in [1.29, 1.82) is 0 Å². The molecule has 1 aromatic carbocycles. The van der Waals surface area contributed by atoms with Crippen LogP contribution < -0.4 is 10.5 Å². The van der Waals surface area contributed by atoms with Gasteiger partial charge in [0.25, 0.3) is 0 Å². The van der Waals surface area contributed by atoms with Crippen molar-refractivity contribution in [2.75, 3.05) is 12.5 Å². The molecule has 0 bridgehead atoms. The van der Waals surface area contributed by atoms with Crippen LogP contribution in [0.1, 0.15) is 0 Å². The minimum absolute atomic E-state index is 0.0931. The molecule has 2 atom stereocenters. The highest BCUT2D eigenvalue weighted by molar-refractivity contribution is 6.30. The molecule has 0 radical (unpaired) electrons. The van der Waals surface area contributed by atoms with Crippen LogP contribution in [0.15, 0.2) is 24.3 Å². The summed E-state index contributed by atoms with van der Waals surface area (Å²) in [4.78, 5) is 11.1. The summed E-state index contributed by atoms with van der Waals surface area (Å²) < 4.78 is 5.25. The third kappa shape index (κ3) is 4.52. The highest BCUT2D eigenvalue weighted by atomic mass is 35.5. The third-order valence-electron chi connectivity index (χ3n) is 2.13.